The highest BCUT2D eigenvalue weighted by Gasteiger charge is 2.04. The Morgan fingerprint density at radius 1 is 1.39 bits per heavy atom. The first-order valence-corrected chi connectivity index (χ1v) is 5.56. The number of benzene rings is 1. The minimum atomic E-state index is -0.406. The molecule has 0 bridgehead atoms. The van der Waals surface area contributed by atoms with Crippen molar-refractivity contribution < 1.29 is 4.39 Å². The minimum Gasteiger partial charge on any atom is -0.264 e. The highest BCUT2D eigenvalue weighted by Crippen LogP contribution is 2.23. The van der Waals surface area contributed by atoms with Crippen molar-refractivity contribution in [1.82, 2.24) is 4.98 Å². The van der Waals surface area contributed by atoms with Crippen molar-refractivity contribution in [1.29, 1.82) is 5.26 Å². The van der Waals surface area contributed by atoms with Gasteiger partial charge in [-0.15, -0.1) is 0 Å². The van der Waals surface area contributed by atoms with Crippen molar-refractivity contribution in [2.24, 2.45) is 0 Å². The summed E-state index contributed by atoms with van der Waals surface area (Å²) in [6.45, 7) is 0. The lowest BCUT2D eigenvalue weighted by molar-refractivity contribution is 0.628. The van der Waals surface area contributed by atoms with Crippen molar-refractivity contribution in [3.05, 3.63) is 64.7 Å². The average molecular weight is 259 g/mol. The number of hydrogen-bond donors (Lipinski definition) is 0. The third kappa shape index (κ3) is 2.73. The largest absolute Gasteiger partial charge is 0.264 e. The van der Waals surface area contributed by atoms with Gasteiger partial charge in [0.15, 0.2) is 0 Å². The zero-order valence-corrected chi connectivity index (χ0v) is 10.0. The number of allylic oxidation sites excluding steroid dienone is 1. The molecule has 0 radical (unpaired) electrons. The fraction of sp³-hybridized carbons (Fsp3) is 0. The quantitative estimate of drug-likeness (QED) is 0.765. The van der Waals surface area contributed by atoms with E-state index in [9.17, 15) is 4.39 Å². The highest BCUT2D eigenvalue weighted by molar-refractivity contribution is 6.32. The van der Waals surface area contributed by atoms with Gasteiger partial charge in [-0.25, -0.2) is 4.39 Å². The van der Waals surface area contributed by atoms with Gasteiger partial charge in [-0.2, -0.15) is 5.26 Å². The van der Waals surface area contributed by atoms with Gasteiger partial charge in [0.25, 0.3) is 0 Å². The van der Waals surface area contributed by atoms with Gasteiger partial charge in [-0.3, -0.25) is 4.98 Å². The van der Waals surface area contributed by atoms with Crippen LogP contribution in [0.5, 0.6) is 0 Å². The topological polar surface area (TPSA) is 36.7 Å². The minimum absolute atomic E-state index is 0.270. The van der Waals surface area contributed by atoms with Crippen molar-refractivity contribution in [2.75, 3.05) is 0 Å². The van der Waals surface area contributed by atoms with E-state index in [1.54, 1.807) is 30.6 Å². The Morgan fingerprint density at radius 3 is 2.83 bits per heavy atom. The molecule has 2 rings (SSSR count). The van der Waals surface area contributed by atoms with Crippen LogP contribution in [0.2, 0.25) is 5.02 Å². The monoisotopic (exact) mass is 258 g/mol. The lowest BCUT2D eigenvalue weighted by Gasteiger charge is -2.01. The second kappa shape index (κ2) is 5.44. The summed E-state index contributed by atoms with van der Waals surface area (Å²) in [5.41, 5.74) is 1.72. The number of rotatable bonds is 2. The van der Waals surface area contributed by atoms with Gasteiger partial charge < -0.3 is 0 Å². The van der Waals surface area contributed by atoms with E-state index < -0.39 is 5.82 Å². The van der Waals surface area contributed by atoms with E-state index in [1.165, 1.54) is 18.2 Å². The van der Waals surface area contributed by atoms with E-state index in [-0.39, 0.29) is 5.02 Å². The van der Waals surface area contributed by atoms with Crippen LogP contribution in [0.15, 0.2) is 42.7 Å². The number of halogens is 2. The second-order valence-electron chi connectivity index (χ2n) is 3.58. The molecule has 0 aliphatic carbocycles. The molecule has 0 aliphatic rings. The van der Waals surface area contributed by atoms with Gasteiger partial charge in [-0.1, -0.05) is 23.7 Å². The molecule has 1 aromatic carbocycles. The van der Waals surface area contributed by atoms with Crippen LogP contribution in [-0.2, 0) is 0 Å². The molecule has 0 spiro atoms. The molecule has 1 aromatic heterocycles. The number of aromatic nitrogens is 1. The summed E-state index contributed by atoms with van der Waals surface area (Å²) in [7, 11) is 0. The SMILES string of the molecule is N#CC(=Cc1ccc(F)cc1Cl)c1cccnc1. The Bertz CT molecular complexity index is 630. The predicted molar refractivity (Wildman–Crippen MR) is 69.1 cm³/mol. The van der Waals surface area contributed by atoms with Gasteiger partial charge in [0.2, 0.25) is 0 Å². The molecular formula is C14H8ClFN2. The Hall–Kier alpha value is -2.18. The summed E-state index contributed by atoms with van der Waals surface area (Å²) >= 11 is 5.91. The molecule has 4 heteroatoms. The zero-order chi connectivity index (χ0) is 13.0. The Kier molecular flexibility index (Phi) is 3.71. The highest BCUT2D eigenvalue weighted by atomic mass is 35.5. The maximum absolute atomic E-state index is 12.9. The summed E-state index contributed by atoms with van der Waals surface area (Å²) in [6, 6.07) is 9.65. The molecule has 18 heavy (non-hydrogen) atoms. The van der Waals surface area contributed by atoms with E-state index in [1.807, 2.05) is 0 Å². The molecule has 0 unspecified atom stereocenters. The number of pyridine rings is 1. The standard InChI is InChI=1S/C14H8ClFN2/c15-14-7-13(16)4-3-10(14)6-12(8-17)11-2-1-5-18-9-11/h1-7,9H. The van der Waals surface area contributed by atoms with E-state index in [4.69, 9.17) is 16.9 Å². The Morgan fingerprint density at radius 2 is 2.22 bits per heavy atom. The fourth-order valence-electron chi connectivity index (χ4n) is 1.48. The maximum atomic E-state index is 12.9. The summed E-state index contributed by atoms with van der Waals surface area (Å²) in [4.78, 5) is 3.95. The van der Waals surface area contributed by atoms with Crippen LogP contribution in [0.3, 0.4) is 0 Å². The number of hydrogen-bond acceptors (Lipinski definition) is 2. The molecule has 0 aliphatic heterocycles. The summed E-state index contributed by atoms with van der Waals surface area (Å²) in [6.07, 6.45) is 4.83. The molecule has 0 atom stereocenters. The summed E-state index contributed by atoms with van der Waals surface area (Å²) in [5.74, 6) is -0.406. The van der Waals surface area contributed by atoms with Gasteiger partial charge >= 0.3 is 0 Å². The third-order valence-electron chi connectivity index (χ3n) is 2.36. The second-order valence-corrected chi connectivity index (χ2v) is 3.98. The van der Waals surface area contributed by atoms with Crippen molar-refractivity contribution in [3.8, 4) is 6.07 Å². The molecule has 0 N–H and O–H groups in total. The average Bonchev–Trinajstić information content (AvgIpc) is 2.39. The molecule has 2 aromatic rings. The summed E-state index contributed by atoms with van der Waals surface area (Å²) < 4.78 is 12.9. The molecular weight excluding hydrogens is 251 g/mol. The molecule has 1 heterocycles. The van der Waals surface area contributed by atoms with E-state index >= 15 is 0 Å². The van der Waals surface area contributed by atoms with Gasteiger partial charge in [-0.05, 0) is 29.8 Å². The van der Waals surface area contributed by atoms with Crippen LogP contribution < -0.4 is 0 Å². The fourth-order valence-corrected chi connectivity index (χ4v) is 1.70. The Balaban J connectivity index is 2.45. The van der Waals surface area contributed by atoms with Crippen LogP contribution in [0, 0.1) is 17.1 Å². The van der Waals surface area contributed by atoms with Crippen LogP contribution in [0.25, 0.3) is 11.6 Å². The van der Waals surface area contributed by atoms with Crippen molar-refractivity contribution >= 4 is 23.3 Å². The predicted octanol–water partition coefficient (Wildman–Crippen LogP) is 3.94. The van der Waals surface area contributed by atoms with Gasteiger partial charge in [0.1, 0.15) is 5.82 Å². The van der Waals surface area contributed by atoms with Crippen LogP contribution in [0.1, 0.15) is 11.1 Å². The van der Waals surface area contributed by atoms with Crippen LogP contribution >= 0.6 is 11.6 Å². The lowest BCUT2D eigenvalue weighted by atomic mass is 10.1. The lowest BCUT2D eigenvalue weighted by Crippen LogP contribution is -1.84. The Labute approximate surface area is 109 Å². The smallest absolute Gasteiger partial charge is 0.124 e. The first-order valence-electron chi connectivity index (χ1n) is 5.18. The molecule has 0 saturated carbocycles. The van der Waals surface area contributed by atoms with Gasteiger partial charge in [0.05, 0.1) is 16.7 Å². The van der Waals surface area contributed by atoms with Crippen LogP contribution in [-0.4, -0.2) is 4.98 Å². The molecule has 0 amide bonds. The third-order valence-corrected chi connectivity index (χ3v) is 2.68. The normalized spacial score (nSPS) is 11.1. The number of nitrogens with zero attached hydrogens (tertiary/aromatic N) is 2. The van der Waals surface area contributed by atoms with Crippen molar-refractivity contribution in [2.45, 2.75) is 0 Å². The maximum Gasteiger partial charge on any atom is 0.124 e. The molecule has 88 valence electrons. The van der Waals surface area contributed by atoms with Gasteiger partial charge in [0, 0.05) is 18.0 Å². The molecule has 2 nitrogen and oxygen atoms in total. The van der Waals surface area contributed by atoms with E-state index in [0.29, 0.717) is 16.7 Å². The van der Waals surface area contributed by atoms with E-state index in [0.717, 1.165) is 0 Å². The molecule has 0 fully saturated rings. The van der Waals surface area contributed by atoms with Crippen molar-refractivity contribution in [3.63, 3.8) is 0 Å². The zero-order valence-electron chi connectivity index (χ0n) is 9.27. The molecule has 0 saturated heterocycles. The van der Waals surface area contributed by atoms with Crippen LogP contribution in [0.4, 0.5) is 4.39 Å². The first-order chi connectivity index (χ1) is 8.70. The number of nitriles is 1. The first kappa shape index (κ1) is 12.3. The summed E-state index contributed by atoms with van der Waals surface area (Å²) in [5, 5.41) is 9.39. The van der Waals surface area contributed by atoms with E-state index in [2.05, 4.69) is 11.1 Å².